The summed E-state index contributed by atoms with van der Waals surface area (Å²) in [6.45, 7) is 4.70. The summed E-state index contributed by atoms with van der Waals surface area (Å²) in [5.41, 5.74) is 3.31. The summed E-state index contributed by atoms with van der Waals surface area (Å²) >= 11 is 0. The molecule has 0 heterocycles. The van der Waals surface area contributed by atoms with E-state index in [1.54, 1.807) is 18.3 Å². The Balaban J connectivity index is 1.67. The summed E-state index contributed by atoms with van der Waals surface area (Å²) in [6.07, 6.45) is 1.60. The number of fused-ring (bicyclic) bond motifs is 1. The fourth-order valence-corrected chi connectivity index (χ4v) is 2.88. The highest BCUT2D eigenvalue weighted by Gasteiger charge is 2.08. The Hall–Kier alpha value is -3.54. The first-order valence-corrected chi connectivity index (χ1v) is 9.54. The molecule has 0 fully saturated rings. The molecule has 3 aromatic rings. The lowest BCUT2D eigenvalue weighted by molar-refractivity contribution is -0.123. The highest BCUT2D eigenvalue weighted by Crippen LogP contribution is 2.27. The Morgan fingerprint density at radius 2 is 1.52 bits per heavy atom. The lowest BCUT2D eigenvalue weighted by Crippen LogP contribution is -2.24. The van der Waals surface area contributed by atoms with Crippen LogP contribution in [0, 0.1) is 0 Å². The van der Waals surface area contributed by atoms with Gasteiger partial charge in [0.05, 0.1) is 19.4 Å². The van der Waals surface area contributed by atoms with Crippen LogP contribution in [0.4, 0.5) is 0 Å². The second kappa shape index (κ2) is 10.1. The summed E-state index contributed by atoms with van der Waals surface area (Å²) in [7, 11) is 0. The van der Waals surface area contributed by atoms with Gasteiger partial charge in [-0.05, 0) is 42.8 Å². The molecular formula is C23H24N2O4. The van der Waals surface area contributed by atoms with Gasteiger partial charge in [0.15, 0.2) is 18.1 Å². The lowest BCUT2D eigenvalue weighted by Gasteiger charge is -2.11. The Labute approximate surface area is 170 Å². The van der Waals surface area contributed by atoms with Gasteiger partial charge < -0.3 is 14.2 Å². The van der Waals surface area contributed by atoms with E-state index in [2.05, 4.69) is 10.5 Å². The number of rotatable bonds is 9. The van der Waals surface area contributed by atoms with Crippen LogP contribution in [0.1, 0.15) is 19.4 Å². The molecule has 3 rings (SSSR count). The minimum absolute atomic E-state index is 0.171. The third-order valence-electron chi connectivity index (χ3n) is 4.12. The van der Waals surface area contributed by atoms with Crippen LogP contribution in [0.2, 0.25) is 0 Å². The standard InChI is InChI=1S/C23H24N2O4/c1-3-27-20-14-13-17-9-5-6-10-18(17)19(20)15-24-25-23(26)16-29-22-12-8-7-11-21(22)28-4-2/h5-15H,3-4,16H2,1-2H3,(H,25,26). The van der Waals surface area contributed by atoms with E-state index >= 15 is 0 Å². The van der Waals surface area contributed by atoms with E-state index in [1.807, 2.05) is 62.4 Å². The number of benzene rings is 3. The molecule has 6 heteroatoms. The fourth-order valence-electron chi connectivity index (χ4n) is 2.88. The minimum Gasteiger partial charge on any atom is -0.493 e. The molecule has 0 aliphatic rings. The number of hydrazone groups is 1. The summed E-state index contributed by atoms with van der Waals surface area (Å²) < 4.78 is 16.7. The first kappa shape index (κ1) is 20.2. The van der Waals surface area contributed by atoms with Gasteiger partial charge in [-0.15, -0.1) is 0 Å². The van der Waals surface area contributed by atoms with Gasteiger partial charge in [0, 0.05) is 5.56 Å². The van der Waals surface area contributed by atoms with Gasteiger partial charge in [-0.3, -0.25) is 4.79 Å². The molecule has 1 N–H and O–H groups in total. The van der Waals surface area contributed by atoms with Gasteiger partial charge >= 0.3 is 0 Å². The fraction of sp³-hybridized carbons (Fsp3) is 0.217. The molecule has 0 spiro atoms. The Bertz CT molecular complexity index is 1000. The van der Waals surface area contributed by atoms with E-state index in [9.17, 15) is 4.79 Å². The van der Waals surface area contributed by atoms with Crippen LogP contribution < -0.4 is 19.6 Å². The molecule has 1 amide bonds. The molecule has 0 aromatic heterocycles. The molecule has 0 unspecified atom stereocenters. The molecule has 3 aromatic carbocycles. The summed E-state index contributed by atoms with van der Waals surface area (Å²) in [4.78, 5) is 12.1. The van der Waals surface area contributed by atoms with Crippen LogP contribution >= 0.6 is 0 Å². The van der Waals surface area contributed by atoms with E-state index in [1.165, 1.54) is 0 Å². The molecule has 0 atom stereocenters. The van der Waals surface area contributed by atoms with E-state index in [0.717, 1.165) is 16.3 Å². The Morgan fingerprint density at radius 1 is 0.862 bits per heavy atom. The number of amides is 1. The average molecular weight is 392 g/mol. The Morgan fingerprint density at radius 3 is 2.28 bits per heavy atom. The second-order valence-electron chi connectivity index (χ2n) is 6.09. The van der Waals surface area contributed by atoms with Crippen molar-refractivity contribution < 1.29 is 19.0 Å². The van der Waals surface area contributed by atoms with Crippen molar-refractivity contribution in [3.05, 3.63) is 66.2 Å². The van der Waals surface area contributed by atoms with Crippen LogP contribution in [-0.2, 0) is 4.79 Å². The molecular weight excluding hydrogens is 368 g/mol. The smallest absolute Gasteiger partial charge is 0.277 e. The molecule has 0 aliphatic heterocycles. The topological polar surface area (TPSA) is 69.2 Å². The minimum atomic E-state index is -0.370. The SMILES string of the molecule is CCOc1ccccc1OCC(=O)NN=Cc1c(OCC)ccc2ccccc12. The third kappa shape index (κ3) is 5.25. The van der Waals surface area contributed by atoms with E-state index in [4.69, 9.17) is 14.2 Å². The van der Waals surface area contributed by atoms with Crippen LogP contribution in [0.15, 0.2) is 65.8 Å². The zero-order valence-electron chi connectivity index (χ0n) is 16.6. The molecule has 0 bridgehead atoms. The van der Waals surface area contributed by atoms with Crippen LogP contribution in [-0.4, -0.2) is 31.9 Å². The van der Waals surface area contributed by atoms with Crippen molar-refractivity contribution in [2.45, 2.75) is 13.8 Å². The number of nitrogens with one attached hydrogen (secondary N) is 1. The monoisotopic (exact) mass is 392 g/mol. The predicted octanol–water partition coefficient (Wildman–Crippen LogP) is 4.17. The molecule has 0 saturated carbocycles. The zero-order chi connectivity index (χ0) is 20.5. The summed E-state index contributed by atoms with van der Waals surface area (Å²) in [5.74, 6) is 1.46. The van der Waals surface area contributed by atoms with E-state index in [0.29, 0.717) is 30.5 Å². The third-order valence-corrected chi connectivity index (χ3v) is 4.12. The zero-order valence-corrected chi connectivity index (χ0v) is 16.6. The maximum atomic E-state index is 12.1. The maximum absolute atomic E-state index is 12.1. The number of hydrogen-bond acceptors (Lipinski definition) is 5. The normalized spacial score (nSPS) is 10.8. The van der Waals surface area contributed by atoms with Crippen molar-refractivity contribution in [1.29, 1.82) is 0 Å². The largest absolute Gasteiger partial charge is 0.493 e. The van der Waals surface area contributed by atoms with Crippen LogP contribution in [0.5, 0.6) is 17.2 Å². The number of carbonyl (C=O) groups excluding carboxylic acids is 1. The molecule has 0 aliphatic carbocycles. The van der Waals surface area contributed by atoms with Crippen molar-refractivity contribution >= 4 is 22.9 Å². The highest BCUT2D eigenvalue weighted by molar-refractivity contribution is 6.02. The number of hydrogen-bond donors (Lipinski definition) is 1. The van der Waals surface area contributed by atoms with Crippen molar-refractivity contribution in [3.63, 3.8) is 0 Å². The quantitative estimate of drug-likeness (QED) is 0.438. The van der Waals surface area contributed by atoms with Crippen molar-refractivity contribution in [2.75, 3.05) is 19.8 Å². The summed E-state index contributed by atoms with van der Waals surface area (Å²) in [5, 5.41) is 6.16. The first-order chi connectivity index (χ1) is 14.2. The van der Waals surface area contributed by atoms with Crippen LogP contribution in [0.25, 0.3) is 10.8 Å². The molecule has 29 heavy (non-hydrogen) atoms. The van der Waals surface area contributed by atoms with E-state index < -0.39 is 0 Å². The van der Waals surface area contributed by atoms with Crippen molar-refractivity contribution in [1.82, 2.24) is 5.43 Å². The molecule has 0 radical (unpaired) electrons. The predicted molar refractivity (Wildman–Crippen MR) is 114 cm³/mol. The van der Waals surface area contributed by atoms with Gasteiger partial charge in [0.25, 0.3) is 5.91 Å². The van der Waals surface area contributed by atoms with Gasteiger partial charge in [-0.1, -0.05) is 42.5 Å². The van der Waals surface area contributed by atoms with Crippen molar-refractivity contribution in [2.24, 2.45) is 5.10 Å². The highest BCUT2D eigenvalue weighted by atomic mass is 16.5. The molecule has 150 valence electrons. The maximum Gasteiger partial charge on any atom is 0.277 e. The van der Waals surface area contributed by atoms with Crippen LogP contribution in [0.3, 0.4) is 0 Å². The average Bonchev–Trinajstić information content (AvgIpc) is 2.75. The first-order valence-electron chi connectivity index (χ1n) is 9.54. The number of ether oxygens (including phenoxy) is 3. The lowest BCUT2D eigenvalue weighted by atomic mass is 10.0. The van der Waals surface area contributed by atoms with Gasteiger partial charge in [0.2, 0.25) is 0 Å². The second-order valence-corrected chi connectivity index (χ2v) is 6.09. The van der Waals surface area contributed by atoms with Gasteiger partial charge in [0.1, 0.15) is 5.75 Å². The van der Waals surface area contributed by atoms with E-state index in [-0.39, 0.29) is 12.5 Å². The number of para-hydroxylation sites is 2. The Kier molecular flexibility index (Phi) is 7.05. The number of nitrogens with zero attached hydrogens (tertiary/aromatic N) is 1. The van der Waals surface area contributed by atoms with Gasteiger partial charge in [-0.2, -0.15) is 5.10 Å². The van der Waals surface area contributed by atoms with Crippen molar-refractivity contribution in [3.8, 4) is 17.2 Å². The molecule has 0 saturated heterocycles. The van der Waals surface area contributed by atoms with Gasteiger partial charge in [-0.25, -0.2) is 5.43 Å². The number of carbonyl (C=O) groups is 1. The molecule has 6 nitrogen and oxygen atoms in total. The summed E-state index contributed by atoms with van der Waals surface area (Å²) in [6, 6.07) is 19.1.